The first kappa shape index (κ1) is 17.1. The third kappa shape index (κ3) is 3.47. The van der Waals surface area contributed by atoms with Crippen LogP contribution in [-0.4, -0.2) is 30.9 Å². The Hall–Kier alpha value is -2.33. The lowest BCUT2D eigenvalue weighted by Crippen LogP contribution is -2.28. The zero-order chi connectivity index (χ0) is 17.9. The number of carbonyl (C=O) groups excluding carboxylic acids is 1. The summed E-state index contributed by atoms with van der Waals surface area (Å²) in [4.78, 5) is 15.3. The first-order valence-electron chi connectivity index (χ1n) is 9.47. The Balaban J connectivity index is 1.51. The number of ether oxygens (including phenoxy) is 1. The number of furan rings is 1. The number of rotatable bonds is 4. The van der Waals surface area contributed by atoms with Crippen LogP contribution in [0.1, 0.15) is 53.1 Å². The molecule has 1 aromatic carbocycles. The van der Waals surface area contributed by atoms with Crippen molar-refractivity contribution in [2.45, 2.75) is 38.6 Å². The standard InChI is InChI=1S/C22H25NO3/c1-25-21-7-5-6-20-19(21)11-8-16(22(20)24)14-17-9-10-18(26-17)15-23-12-3-2-4-13-23/h5-7,9-10,14H,2-4,8,11-13,15H2,1H3. The Morgan fingerprint density at radius 1 is 1.12 bits per heavy atom. The quantitative estimate of drug-likeness (QED) is 0.762. The number of fused-ring (bicyclic) bond motifs is 1. The number of ketones is 1. The zero-order valence-corrected chi connectivity index (χ0v) is 15.3. The third-order valence-electron chi connectivity index (χ3n) is 5.36. The minimum absolute atomic E-state index is 0.0825. The van der Waals surface area contributed by atoms with Crippen LogP contribution < -0.4 is 4.74 Å². The molecule has 0 amide bonds. The van der Waals surface area contributed by atoms with Gasteiger partial charge in [-0.15, -0.1) is 0 Å². The highest BCUT2D eigenvalue weighted by atomic mass is 16.5. The van der Waals surface area contributed by atoms with Gasteiger partial charge < -0.3 is 9.15 Å². The molecule has 2 heterocycles. The van der Waals surface area contributed by atoms with Gasteiger partial charge in [-0.2, -0.15) is 0 Å². The number of Topliss-reactive ketones (excluding diaryl/α,β-unsaturated/α-hetero) is 1. The SMILES string of the molecule is COc1cccc2c1CCC(=Cc1ccc(CN3CCCCC3)o1)C2=O. The van der Waals surface area contributed by atoms with Gasteiger partial charge >= 0.3 is 0 Å². The fourth-order valence-electron chi connectivity index (χ4n) is 3.98. The van der Waals surface area contributed by atoms with Crippen molar-refractivity contribution < 1.29 is 13.9 Å². The van der Waals surface area contributed by atoms with Crippen LogP contribution in [0.3, 0.4) is 0 Å². The molecule has 4 rings (SSSR count). The Morgan fingerprint density at radius 3 is 2.77 bits per heavy atom. The second-order valence-corrected chi connectivity index (χ2v) is 7.13. The lowest BCUT2D eigenvalue weighted by molar-refractivity contribution is 0.102. The largest absolute Gasteiger partial charge is 0.496 e. The molecule has 1 saturated heterocycles. The van der Waals surface area contributed by atoms with Gasteiger partial charge in [0.2, 0.25) is 0 Å². The average molecular weight is 351 g/mol. The molecule has 0 bridgehead atoms. The van der Waals surface area contributed by atoms with E-state index in [1.54, 1.807) is 7.11 Å². The summed E-state index contributed by atoms with van der Waals surface area (Å²) in [5, 5.41) is 0. The number of allylic oxidation sites excluding steroid dienone is 1. The van der Waals surface area contributed by atoms with Crippen molar-refractivity contribution in [2.24, 2.45) is 0 Å². The van der Waals surface area contributed by atoms with Crippen LogP contribution in [-0.2, 0) is 13.0 Å². The van der Waals surface area contributed by atoms with Gasteiger partial charge in [-0.3, -0.25) is 9.69 Å². The Bertz CT molecular complexity index is 828. The van der Waals surface area contributed by atoms with Gasteiger partial charge in [0.1, 0.15) is 17.3 Å². The van der Waals surface area contributed by atoms with Crippen molar-refractivity contribution in [2.75, 3.05) is 20.2 Å². The van der Waals surface area contributed by atoms with Crippen LogP contribution in [0.25, 0.3) is 6.08 Å². The summed E-state index contributed by atoms with van der Waals surface area (Å²) in [6, 6.07) is 9.69. The number of benzene rings is 1. The molecule has 0 radical (unpaired) electrons. The average Bonchev–Trinajstić information content (AvgIpc) is 3.11. The predicted octanol–water partition coefficient (Wildman–Crippen LogP) is 4.49. The molecule has 1 fully saturated rings. The summed E-state index contributed by atoms with van der Waals surface area (Å²) in [6.45, 7) is 3.15. The van der Waals surface area contributed by atoms with Crippen LogP contribution in [0.4, 0.5) is 0 Å². The molecular formula is C22H25NO3. The molecule has 1 aromatic heterocycles. The monoisotopic (exact) mass is 351 g/mol. The van der Waals surface area contributed by atoms with Crippen molar-refractivity contribution in [1.29, 1.82) is 0 Å². The van der Waals surface area contributed by atoms with E-state index in [4.69, 9.17) is 9.15 Å². The van der Waals surface area contributed by atoms with E-state index >= 15 is 0 Å². The lowest BCUT2D eigenvalue weighted by Gasteiger charge is -2.25. The third-order valence-corrected chi connectivity index (χ3v) is 5.36. The number of nitrogens with zero attached hydrogens (tertiary/aromatic N) is 1. The lowest BCUT2D eigenvalue weighted by atomic mass is 9.86. The molecule has 4 nitrogen and oxygen atoms in total. The van der Waals surface area contributed by atoms with E-state index in [0.717, 1.165) is 60.0 Å². The molecule has 136 valence electrons. The van der Waals surface area contributed by atoms with Gasteiger partial charge in [-0.1, -0.05) is 18.6 Å². The molecule has 0 saturated carbocycles. The Labute approximate surface area is 154 Å². The normalized spacial score (nSPS) is 19.6. The smallest absolute Gasteiger partial charge is 0.189 e. The van der Waals surface area contributed by atoms with Gasteiger partial charge in [-0.05, 0) is 63.0 Å². The first-order chi connectivity index (χ1) is 12.7. The fourth-order valence-corrected chi connectivity index (χ4v) is 3.98. The highest BCUT2D eigenvalue weighted by Crippen LogP contribution is 2.32. The van der Waals surface area contributed by atoms with Gasteiger partial charge in [0.15, 0.2) is 5.78 Å². The van der Waals surface area contributed by atoms with Crippen molar-refractivity contribution in [3.05, 3.63) is 58.6 Å². The van der Waals surface area contributed by atoms with Crippen LogP contribution in [0, 0.1) is 0 Å². The molecule has 0 N–H and O–H groups in total. The summed E-state index contributed by atoms with van der Waals surface area (Å²) < 4.78 is 11.4. The minimum atomic E-state index is 0.0825. The van der Waals surface area contributed by atoms with Gasteiger partial charge in [0.25, 0.3) is 0 Å². The van der Waals surface area contributed by atoms with Gasteiger partial charge in [0, 0.05) is 16.7 Å². The van der Waals surface area contributed by atoms with E-state index in [2.05, 4.69) is 4.90 Å². The van der Waals surface area contributed by atoms with Crippen LogP contribution >= 0.6 is 0 Å². The molecular weight excluding hydrogens is 326 g/mol. The van der Waals surface area contributed by atoms with E-state index < -0.39 is 0 Å². The number of hydrogen-bond donors (Lipinski definition) is 0. The van der Waals surface area contributed by atoms with E-state index in [-0.39, 0.29) is 5.78 Å². The summed E-state index contributed by atoms with van der Waals surface area (Å²) in [7, 11) is 1.65. The molecule has 1 aliphatic carbocycles. The van der Waals surface area contributed by atoms with Crippen molar-refractivity contribution >= 4 is 11.9 Å². The molecule has 2 aromatic rings. The molecule has 2 aliphatic rings. The fraction of sp³-hybridized carbons (Fsp3) is 0.409. The molecule has 4 heteroatoms. The molecule has 0 atom stereocenters. The zero-order valence-electron chi connectivity index (χ0n) is 15.3. The van der Waals surface area contributed by atoms with Crippen LogP contribution in [0.15, 0.2) is 40.3 Å². The highest BCUT2D eigenvalue weighted by molar-refractivity contribution is 6.13. The Morgan fingerprint density at radius 2 is 1.96 bits per heavy atom. The van der Waals surface area contributed by atoms with Crippen molar-refractivity contribution in [1.82, 2.24) is 4.90 Å². The number of methoxy groups -OCH3 is 1. The first-order valence-corrected chi connectivity index (χ1v) is 9.47. The van der Waals surface area contributed by atoms with E-state index in [0.29, 0.717) is 6.42 Å². The van der Waals surface area contributed by atoms with Crippen molar-refractivity contribution in [3.63, 3.8) is 0 Å². The topological polar surface area (TPSA) is 42.7 Å². The van der Waals surface area contributed by atoms with Crippen LogP contribution in [0.5, 0.6) is 5.75 Å². The summed E-state index contributed by atoms with van der Waals surface area (Å²) in [6.07, 6.45) is 7.32. The molecule has 26 heavy (non-hydrogen) atoms. The number of carbonyl (C=O) groups is 1. The van der Waals surface area contributed by atoms with E-state index in [1.165, 1.54) is 19.3 Å². The highest BCUT2D eigenvalue weighted by Gasteiger charge is 2.24. The van der Waals surface area contributed by atoms with E-state index in [9.17, 15) is 4.79 Å². The maximum atomic E-state index is 12.8. The summed E-state index contributed by atoms with van der Waals surface area (Å²) >= 11 is 0. The van der Waals surface area contributed by atoms with Crippen molar-refractivity contribution in [3.8, 4) is 5.75 Å². The number of likely N-dealkylation sites (tertiary alicyclic amines) is 1. The van der Waals surface area contributed by atoms with Crippen LogP contribution in [0.2, 0.25) is 0 Å². The molecule has 0 spiro atoms. The maximum absolute atomic E-state index is 12.8. The van der Waals surface area contributed by atoms with Gasteiger partial charge in [-0.25, -0.2) is 0 Å². The second-order valence-electron chi connectivity index (χ2n) is 7.13. The Kier molecular flexibility index (Phi) is 4.93. The second kappa shape index (κ2) is 7.50. The number of hydrogen-bond acceptors (Lipinski definition) is 4. The predicted molar refractivity (Wildman–Crippen MR) is 101 cm³/mol. The van der Waals surface area contributed by atoms with Gasteiger partial charge in [0.05, 0.1) is 13.7 Å². The maximum Gasteiger partial charge on any atom is 0.189 e. The summed E-state index contributed by atoms with van der Waals surface area (Å²) in [5.41, 5.74) is 2.58. The summed E-state index contributed by atoms with van der Waals surface area (Å²) in [5.74, 6) is 2.63. The van der Waals surface area contributed by atoms with E-state index in [1.807, 2.05) is 36.4 Å². The number of piperidine rings is 1. The molecule has 1 aliphatic heterocycles. The minimum Gasteiger partial charge on any atom is -0.496 e. The molecule has 0 unspecified atom stereocenters.